The van der Waals surface area contributed by atoms with E-state index in [1.54, 1.807) is 15.8 Å². The Hall–Kier alpha value is -2.95. The summed E-state index contributed by atoms with van der Waals surface area (Å²) >= 11 is 0. The Morgan fingerprint density at radius 3 is 2.64 bits per heavy atom. The number of carbonyl (C=O) groups excluding carboxylic acids is 1. The van der Waals surface area contributed by atoms with Crippen LogP contribution in [-0.4, -0.2) is 27.4 Å². The Morgan fingerprint density at radius 2 is 1.77 bits per heavy atom. The van der Waals surface area contributed by atoms with Crippen molar-refractivity contribution in [2.45, 2.75) is 6.42 Å². The number of anilines is 1. The second kappa shape index (κ2) is 5.11. The van der Waals surface area contributed by atoms with E-state index in [1.165, 1.54) is 5.56 Å². The van der Waals surface area contributed by atoms with Crippen LogP contribution in [0.15, 0.2) is 60.8 Å². The Balaban J connectivity index is 1.64. The standard InChI is InChI=1S/C17H14N4O/c22-17(20-11-10-13-6-4-5-9-16(13)20)15-12-21(19-18-15)14-7-2-1-3-8-14/h1-9,12H,10-11H2. The second-order valence-corrected chi connectivity index (χ2v) is 5.22. The quantitative estimate of drug-likeness (QED) is 0.728. The van der Waals surface area contributed by atoms with E-state index in [4.69, 9.17) is 0 Å². The van der Waals surface area contributed by atoms with Crippen molar-refractivity contribution in [3.63, 3.8) is 0 Å². The minimum absolute atomic E-state index is 0.105. The molecule has 0 atom stereocenters. The van der Waals surface area contributed by atoms with Gasteiger partial charge in [0.25, 0.3) is 5.91 Å². The molecule has 5 nitrogen and oxygen atoms in total. The smallest absolute Gasteiger partial charge is 0.280 e. The first-order valence-electron chi connectivity index (χ1n) is 7.20. The Bertz CT molecular complexity index is 825. The molecule has 0 N–H and O–H groups in total. The molecule has 1 aliphatic rings. The monoisotopic (exact) mass is 290 g/mol. The number of rotatable bonds is 2. The van der Waals surface area contributed by atoms with Gasteiger partial charge < -0.3 is 4.90 Å². The minimum atomic E-state index is -0.105. The predicted molar refractivity (Wildman–Crippen MR) is 83.2 cm³/mol. The summed E-state index contributed by atoms with van der Waals surface area (Å²) in [6, 6.07) is 17.6. The van der Waals surface area contributed by atoms with E-state index in [-0.39, 0.29) is 5.91 Å². The van der Waals surface area contributed by atoms with Crippen molar-refractivity contribution in [3.05, 3.63) is 72.1 Å². The molecule has 108 valence electrons. The van der Waals surface area contributed by atoms with Crippen LogP contribution in [0.5, 0.6) is 0 Å². The van der Waals surface area contributed by atoms with Crippen LogP contribution in [0.4, 0.5) is 5.69 Å². The van der Waals surface area contributed by atoms with Gasteiger partial charge in [0, 0.05) is 12.2 Å². The molecule has 2 heterocycles. The lowest BCUT2D eigenvalue weighted by Crippen LogP contribution is -2.29. The van der Waals surface area contributed by atoms with Crippen molar-refractivity contribution in [1.82, 2.24) is 15.0 Å². The van der Waals surface area contributed by atoms with Crippen LogP contribution in [0, 0.1) is 0 Å². The van der Waals surface area contributed by atoms with Gasteiger partial charge in [0.2, 0.25) is 0 Å². The van der Waals surface area contributed by atoms with E-state index in [9.17, 15) is 4.79 Å². The van der Waals surface area contributed by atoms with Gasteiger partial charge in [-0.25, -0.2) is 4.68 Å². The van der Waals surface area contributed by atoms with Gasteiger partial charge in [-0.1, -0.05) is 41.6 Å². The lowest BCUT2D eigenvalue weighted by atomic mass is 10.2. The lowest BCUT2D eigenvalue weighted by molar-refractivity contribution is 0.0984. The van der Waals surface area contributed by atoms with Gasteiger partial charge in [-0.2, -0.15) is 0 Å². The molecule has 1 aliphatic heterocycles. The van der Waals surface area contributed by atoms with Gasteiger partial charge in [-0.3, -0.25) is 4.79 Å². The van der Waals surface area contributed by atoms with Gasteiger partial charge in [0.15, 0.2) is 5.69 Å². The van der Waals surface area contributed by atoms with Crippen molar-refractivity contribution in [1.29, 1.82) is 0 Å². The summed E-state index contributed by atoms with van der Waals surface area (Å²) in [6.07, 6.45) is 2.56. The van der Waals surface area contributed by atoms with E-state index < -0.39 is 0 Å². The lowest BCUT2D eigenvalue weighted by Gasteiger charge is -2.15. The molecular formula is C17H14N4O. The Labute approximate surface area is 127 Å². The van der Waals surface area contributed by atoms with Crippen LogP contribution < -0.4 is 4.90 Å². The summed E-state index contributed by atoms with van der Waals surface area (Å²) in [7, 11) is 0. The minimum Gasteiger partial charge on any atom is -0.306 e. The number of benzene rings is 2. The highest BCUT2D eigenvalue weighted by atomic mass is 16.2. The largest absolute Gasteiger partial charge is 0.306 e. The first kappa shape index (κ1) is 12.8. The molecule has 0 fully saturated rings. The van der Waals surface area contributed by atoms with Crippen molar-refractivity contribution in [2.75, 3.05) is 11.4 Å². The zero-order valence-corrected chi connectivity index (χ0v) is 11.9. The van der Waals surface area contributed by atoms with Crippen LogP contribution in [0.3, 0.4) is 0 Å². The maximum absolute atomic E-state index is 12.7. The normalized spacial score (nSPS) is 13.2. The first-order valence-corrected chi connectivity index (χ1v) is 7.20. The number of hydrogen-bond donors (Lipinski definition) is 0. The SMILES string of the molecule is O=C(c1cn(-c2ccccc2)nn1)N1CCc2ccccc21. The zero-order chi connectivity index (χ0) is 14.9. The number of aromatic nitrogens is 3. The highest BCUT2D eigenvalue weighted by molar-refractivity contribution is 6.05. The fourth-order valence-electron chi connectivity index (χ4n) is 2.76. The number of carbonyl (C=O) groups is 1. The predicted octanol–water partition coefficient (Wildman–Crippen LogP) is 2.47. The van der Waals surface area contributed by atoms with E-state index in [2.05, 4.69) is 16.4 Å². The molecule has 3 aromatic rings. The Morgan fingerprint density at radius 1 is 1.00 bits per heavy atom. The molecule has 0 saturated heterocycles. The van der Waals surface area contributed by atoms with Gasteiger partial charge in [0.05, 0.1) is 11.9 Å². The Kier molecular flexibility index (Phi) is 2.96. The summed E-state index contributed by atoms with van der Waals surface area (Å²) in [5.41, 5.74) is 3.42. The van der Waals surface area contributed by atoms with Gasteiger partial charge in [-0.15, -0.1) is 5.10 Å². The van der Waals surface area contributed by atoms with Gasteiger partial charge in [0.1, 0.15) is 0 Å². The van der Waals surface area contributed by atoms with E-state index in [0.717, 1.165) is 17.8 Å². The third-order valence-corrected chi connectivity index (χ3v) is 3.87. The molecule has 4 rings (SSSR count). The summed E-state index contributed by atoms with van der Waals surface area (Å²) in [5.74, 6) is -0.105. The molecule has 0 spiro atoms. The molecular weight excluding hydrogens is 276 g/mol. The number of fused-ring (bicyclic) bond motifs is 1. The highest BCUT2D eigenvalue weighted by Gasteiger charge is 2.26. The summed E-state index contributed by atoms with van der Waals surface area (Å²) in [4.78, 5) is 14.4. The molecule has 0 unspecified atom stereocenters. The van der Waals surface area contributed by atoms with Crippen molar-refractivity contribution in [3.8, 4) is 5.69 Å². The maximum Gasteiger partial charge on any atom is 0.280 e. The van der Waals surface area contributed by atoms with Crippen molar-refractivity contribution >= 4 is 11.6 Å². The van der Waals surface area contributed by atoms with E-state index in [0.29, 0.717) is 12.2 Å². The van der Waals surface area contributed by atoms with E-state index in [1.807, 2.05) is 48.5 Å². The maximum atomic E-state index is 12.7. The molecule has 5 heteroatoms. The fourth-order valence-corrected chi connectivity index (χ4v) is 2.76. The average Bonchev–Trinajstić information content (AvgIpc) is 3.22. The third kappa shape index (κ3) is 2.07. The van der Waals surface area contributed by atoms with Gasteiger partial charge >= 0.3 is 0 Å². The third-order valence-electron chi connectivity index (χ3n) is 3.87. The van der Waals surface area contributed by atoms with Crippen molar-refractivity contribution in [2.24, 2.45) is 0 Å². The van der Waals surface area contributed by atoms with Crippen molar-refractivity contribution < 1.29 is 4.79 Å². The molecule has 0 aliphatic carbocycles. The molecule has 2 aromatic carbocycles. The zero-order valence-electron chi connectivity index (χ0n) is 11.9. The summed E-state index contributed by atoms with van der Waals surface area (Å²) in [5, 5.41) is 8.09. The topological polar surface area (TPSA) is 51.0 Å². The van der Waals surface area contributed by atoms with Crippen LogP contribution in [0.2, 0.25) is 0 Å². The van der Waals surface area contributed by atoms with Crippen LogP contribution in [-0.2, 0) is 6.42 Å². The molecule has 0 radical (unpaired) electrons. The number of hydrogen-bond acceptors (Lipinski definition) is 3. The summed E-state index contributed by atoms with van der Waals surface area (Å²) in [6.45, 7) is 0.691. The number of nitrogens with zero attached hydrogens (tertiary/aromatic N) is 4. The molecule has 0 bridgehead atoms. The summed E-state index contributed by atoms with van der Waals surface area (Å²) < 4.78 is 1.62. The molecule has 0 saturated carbocycles. The fraction of sp³-hybridized carbons (Fsp3) is 0.118. The molecule has 22 heavy (non-hydrogen) atoms. The van der Waals surface area contributed by atoms with Gasteiger partial charge in [-0.05, 0) is 30.2 Å². The number of para-hydroxylation sites is 2. The van der Waals surface area contributed by atoms with Crippen LogP contribution in [0.25, 0.3) is 5.69 Å². The number of amides is 1. The van der Waals surface area contributed by atoms with E-state index >= 15 is 0 Å². The highest BCUT2D eigenvalue weighted by Crippen LogP contribution is 2.28. The first-order chi connectivity index (χ1) is 10.8. The van der Waals surface area contributed by atoms with Crippen LogP contribution >= 0.6 is 0 Å². The molecule has 1 amide bonds. The average molecular weight is 290 g/mol. The molecule has 1 aromatic heterocycles. The second-order valence-electron chi connectivity index (χ2n) is 5.22. The van der Waals surface area contributed by atoms with Crippen LogP contribution in [0.1, 0.15) is 16.1 Å².